The summed E-state index contributed by atoms with van der Waals surface area (Å²) in [5.41, 5.74) is 0.407. The number of hydrogen-bond donors (Lipinski definition) is 0. The van der Waals surface area contributed by atoms with E-state index in [2.05, 4.69) is 10.1 Å². The van der Waals surface area contributed by atoms with E-state index in [0.29, 0.717) is 17.1 Å². The minimum atomic E-state index is -0.434. The van der Waals surface area contributed by atoms with Crippen molar-refractivity contribution in [1.82, 2.24) is 19.3 Å². The number of nitrogens with zero attached hydrogens (tertiary/aromatic N) is 4. The number of esters is 1. The van der Waals surface area contributed by atoms with Crippen molar-refractivity contribution in [3.63, 3.8) is 0 Å². The summed E-state index contributed by atoms with van der Waals surface area (Å²) in [5.74, 6) is 0.864. The number of carbonyl (C=O) groups excluding carboxylic acids is 1. The zero-order valence-electron chi connectivity index (χ0n) is 12.6. The zero-order chi connectivity index (χ0) is 16.1. The van der Waals surface area contributed by atoms with Gasteiger partial charge in [0, 0.05) is 25.6 Å². The van der Waals surface area contributed by atoms with E-state index < -0.39 is 5.97 Å². The summed E-state index contributed by atoms with van der Waals surface area (Å²) in [7, 11) is 1.78. The summed E-state index contributed by atoms with van der Waals surface area (Å²) in [6, 6.07) is 7.33. The predicted octanol–water partition coefficient (Wildman–Crippen LogP) is 1.84. The third kappa shape index (κ3) is 3.39. The Morgan fingerprint density at radius 3 is 2.74 bits per heavy atom. The van der Waals surface area contributed by atoms with E-state index in [-0.39, 0.29) is 13.2 Å². The molecule has 3 heterocycles. The number of carbonyl (C=O) groups is 1. The van der Waals surface area contributed by atoms with Gasteiger partial charge in [0.2, 0.25) is 0 Å². The maximum Gasteiger partial charge on any atom is 0.343 e. The predicted molar refractivity (Wildman–Crippen MR) is 82.5 cm³/mol. The average molecular weight is 312 g/mol. The molecule has 0 amide bonds. The Morgan fingerprint density at radius 2 is 2.00 bits per heavy atom. The van der Waals surface area contributed by atoms with E-state index in [1.807, 2.05) is 29.1 Å². The van der Waals surface area contributed by atoms with Gasteiger partial charge >= 0.3 is 5.97 Å². The minimum absolute atomic E-state index is 0.147. The highest BCUT2D eigenvalue weighted by atomic mass is 16.6. The zero-order valence-corrected chi connectivity index (χ0v) is 12.6. The van der Waals surface area contributed by atoms with Crippen molar-refractivity contribution in [2.75, 3.05) is 13.2 Å². The molecule has 0 radical (unpaired) electrons. The highest BCUT2D eigenvalue weighted by molar-refractivity contribution is 5.92. The number of hydrogen-bond acceptors (Lipinski definition) is 5. The van der Waals surface area contributed by atoms with Crippen molar-refractivity contribution < 1.29 is 14.3 Å². The Bertz CT molecular complexity index is 766. The molecule has 7 nitrogen and oxygen atoms in total. The molecule has 0 bridgehead atoms. The smallest absolute Gasteiger partial charge is 0.343 e. The summed E-state index contributed by atoms with van der Waals surface area (Å²) >= 11 is 0. The minimum Gasteiger partial charge on any atom is -0.488 e. The lowest BCUT2D eigenvalue weighted by molar-refractivity contribution is 0.0450. The van der Waals surface area contributed by atoms with Gasteiger partial charge in [0.05, 0.1) is 12.4 Å². The van der Waals surface area contributed by atoms with E-state index in [4.69, 9.17) is 9.47 Å². The molecule has 0 atom stereocenters. The van der Waals surface area contributed by atoms with Gasteiger partial charge in [0.15, 0.2) is 0 Å². The standard InChI is InChI=1S/C16H16N4O3/c1-19-15(20-7-2-3-8-20)14(12-18-19)16(21)23-10-9-22-13-5-4-6-17-11-13/h2-8,11-12H,9-10H2,1H3. The molecule has 0 N–H and O–H groups in total. The SMILES string of the molecule is Cn1ncc(C(=O)OCCOc2cccnc2)c1-n1cccc1. The van der Waals surface area contributed by atoms with Crippen LogP contribution in [0.5, 0.6) is 5.75 Å². The summed E-state index contributed by atoms with van der Waals surface area (Å²) in [6.07, 6.45) is 8.46. The van der Waals surface area contributed by atoms with E-state index >= 15 is 0 Å². The molecule has 118 valence electrons. The molecule has 3 aromatic heterocycles. The van der Waals surface area contributed by atoms with Gasteiger partial charge in [0.1, 0.15) is 30.3 Å². The molecule has 0 aliphatic heterocycles. The Kier molecular flexibility index (Phi) is 4.37. The first-order valence-corrected chi connectivity index (χ1v) is 7.11. The lowest BCUT2D eigenvalue weighted by Crippen LogP contribution is -2.14. The molecule has 0 spiro atoms. The second kappa shape index (κ2) is 6.78. The van der Waals surface area contributed by atoms with Crippen molar-refractivity contribution in [2.24, 2.45) is 7.05 Å². The first-order chi connectivity index (χ1) is 11.3. The van der Waals surface area contributed by atoms with Crippen molar-refractivity contribution >= 4 is 5.97 Å². The molecular formula is C16H16N4O3. The molecule has 0 aromatic carbocycles. The largest absolute Gasteiger partial charge is 0.488 e. The highest BCUT2D eigenvalue weighted by Gasteiger charge is 2.18. The first kappa shape index (κ1) is 14.8. The molecule has 0 fully saturated rings. The second-order valence-electron chi connectivity index (χ2n) is 4.77. The summed E-state index contributed by atoms with van der Waals surface area (Å²) in [4.78, 5) is 16.2. The van der Waals surface area contributed by atoms with Gasteiger partial charge in [-0.1, -0.05) is 0 Å². The van der Waals surface area contributed by atoms with Crippen LogP contribution >= 0.6 is 0 Å². The van der Waals surface area contributed by atoms with Gasteiger partial charge in [-0.15, -0.1) is 0 Å². The second-order valence-corrected chi connectivity index (χ2v) is 4.77. The maximum atomic E-state index is 12.2. The number of ether oxygens (including phenoxy) is 2. The quantitative estimate of drug-likeness (QED) is 0.513. The number of rotatable bonds is 6. The lowest BCUT2D eigenvalue weighted by Gasteiger charge is -2.08. The van der Waals surface area contributed by atoms with Crippen LogP contribution in [0.4, 0.5) is 0 Å². The van der Waals surface area contributed by atoms with Crippen LogP contribution in [0.1, 0.15) is 10.4 Å². The maximum absolute atomic E-state index is 12.2. The molecule has 7 heteroatoms. The molecule has 0 saturated heterocycles. The highest BCUT2D eigenvalue weighted by Crippen LogP contribution is 2.15. The Morgan fingerprint density at radius 1 is 1.17 bits per heavy atom. The third-order valence-electron chi connectivity index (χ3n) is 3.20. The van der Waals surface area contributed by atoms with Crippen molar-refractivity contribution in [3.8, 4) is 11.6 Å². The van der Waals surface area contributed by atoms with Crippen LogP contribution in [0.15, 0.2) is 55.2 Å². The van der Waals surface area contributed by atoms with E-state index in [0.717, 1.165) is 0 Å². The van der Waals surface area contributed by atoms with E-state index in [1.54, 1.807) is 36.3 Å². The van der Waals surface area contributed by atoms with Crippen LogP contribution in [0.25, 0.3) is 5.82 Å². The van der Waals surface area contributed by atoms with Gasteiger partial charge in [-0.05, 0) is 24.3 Å². The topological polar surface area (TPSA) is 71.2 Å². The first-order valence-electron chi connectivity index (χ1n) is 7.11. The Labute approximate surface area is 133 Å². The molecule has 0 saturated carbocycles. The average Bonchev–Trinajstić information content (AvgIpc) is 3.21. The van der Waals surface area contributed by atoms with Crippen LogP contribution in [0.2, 0.25) is 0 Å². The lowest BCUT2D eigenvalue weighted by atomic mass is 10.3. The monoisotopic (exact) mass is 312 g/mol. The van der Waals surface area contributed by atoms with Crippen molar-refractivity contribution in [3.05, 3.63) is 60.8 Å². The number of aryl methyl sites for hydroxylation is 1. The summed E-state index contributed by atoms with van der Waals surface area (Å²) < 4.78 is 14.1. The van der Waals surface area contributed by atoms with Crippen LogP contribution < -0.4 is 4.74 Å². The number of aromatic nitrogens is 4. The fourth-order valence-electron chi connectivity index (χ4n) is 2.16. The van der Waals surface area contributed by atoms with Gasteiger partial charge in [-0.25, -0.2) is 4.79 Å². The van der Waals surface area contributed by atoms with Crippen LogP contribution in [0, 0.1) is 0 Å². The van der Waals surface area contributed by atoms with Crippen LogP contribution in [-0.2, 0) is 11.8 Å². The Balaban J connectivity index is 1.59. The normalized spacial score (nSPS) is 10.5. The van der Waals surface area contributed by atoms with Gasteiger partial charge in [-0.2, -0.15) is 5.10 Å². The Hall–Kier alpha value is -3.09. The fourth-order valence-corrected chi connectivity index (χ4v) is 2.16. The molecular weight excluding hydrogens is 296 g/mol. The molecule has 23 heavy (non-hydrogen) atoms. The van der Waals surface area contributed by atoms with Gasteiger partial charge in [0.25, 0.3) is 0 Å². The van der Waals surface area contributed by atoms with Crippen molar-refractivity contribution in [1.29, 1.82) is 0 Å². The van der Waals surface area contributed by atoms with Crippen LogP contribution in [-0.4, -0.2) is 38.5 Å². The van der Waals surface area contributed by atoms with Crippen LogP contribution in [0.3, 0.4) is 0 Å². The van der Waals surface area contributed by atoms with E-state index in [1.165, 1.54) is 6.20 Å². The molecule has 3 aromatic rings. The van der Waals surface area contributed by atoms with E-state index in [9.17, 15) is 4.79 Å². The van der Waals surface area contributed by atoms with Gasteiger partial charge < -0.3 is 14.0 Å². The van der Waals surface area contributed by atoms with Crippen molar-refractivity contribution in [2.45, 2.75) is 0 Å². The molecule has 3 rings (SSSR count). The molecule has 0 unspecified atom stereocenters. The molecule has 0 aliphatic rings. The molecule has 0 aliphatic carbocycles. The third-order valence-corrected chi connectivity index (χ3v) is 3.20. The summed E-state index contributed by atoms with van der Waals surface area (Å²) in [6.45, 7) is 0.407. The number of pyridine rings is 1. The van der Waals surface area contributed by atoms with Gasteiger partial charge in [-0.3, -0.25) is 9.67 Å². The fraction of sp³-hybridized carbons (Fsp3) is 0.188. The summed E-state index contributed by atoms with van der Waals surface area (Å²) in [5, 5.41) is 4.12.